The van der Waals surface area contributed by atoms with E-state index in [-0.39, 0.29) is 18.9 Å². The highest BCUT2D eigenvalue weighted by Crippen LogP contribution is 2.34. The minimum atomic E-state index is -2.90. The molecule has 3 aromatic rings. The number of ether oxygens (including phenoxy) is 1. The Balaban J connectivity index is 1.79. The molecule has 0 aliphatic carbocycles. The van der Waals surface area contributed by atoms with Gasteiger partial charge < -0.3 is 14.3 Å². The summed E-state index contributed by atoms with van der Waals surface area (Å²) in [6.07, 6.45) is 3.86. The second-order valence-electron chi connectivity index (χ2n) is 8.36. The Hall–Kier alpha value is -3.26. The number of carbonyl (C=O) groups is 1. The van der Waals surface area contributed by atoms with Crippen molar-refractivity contribution in [2.24, 2.45) is 0 Å². The fourth-order valence-electron chi connectivity index (χ4n) is 3.75. The van der Waals surface area contributed by atoms with E-state index in [1.807, 2.05) is 68.4 Å². The van der Waals surface area contributed by atoms with Crippen LogP contribution in [0.25, 0.3) is 11.3 Å². The quantitative estimate of drug-likeness (QED) is 0.241. The van der Waals surface area contributed by atoms with E-state index in [1.165, 1.54) is 4.31 Å². The van der Waals surface area contributed by atoms with E-state index in [1.54, 1.807) is 6.26 Å². The maximum Gasteiger partial charge on any atom is 0.303 e. The van der Waals surface area contributed by atoms with Gasteiger partial charge in [0.25, 0.3) is 0 Å². The average molecular weight is 486 g/mol. The highest BCUT2D eigenvalue weighted by Gasteiger charge is 2.19. The number of thiol groups is 1. The maximum absolute atomic E-state index is 12.3. The lowest BCUT2D eigenvalue weighted by Crippen LogP contribution is -2.22. The van der Waals surface area contributed by atoms with Gasteiger partial charge in [-0.3, -0.25) is 9.10 Å². The van der Waals surface area contributed by atoms with Gasteiger partial charge in [0.05, 0.1) is 25.1 Å². The molecule has 0 aliphatic heterocycles. The van der Waals surface area contributed by atoms with Crippen molar-refractivity contribution in [3.8, 4) is 17.1 Å². The van der Waals surface area contributed by atoms with Gasteiger partial charge in [0.15, 0.2) is 0 Å². The average Bonchev–Trinajstić information content (AvgIpc) is 3.35. The third kappa shape index (κ3) is 6.87. The van der Waals surface area contributed by atoms with Crippen LogP contribution in [0, 0.1) is 0 Å². The normalized spacial score (nSPS) is 11.2. The Kier molecular flexibility index (Phi) is 9.16. The highest BCUT2D eigenvalue weighted by atomic mass is 32.2. The summed E-state index contributed by atoms with van der Waals surface area (Å²) in [4.78, 5) is 10.6. The molecule has 0 amide bonds. The molecule has 0 bridgehead atoms. The van der Waals surface area contributed by atoms with Gasteiger partial charge in [-0.25, -0.2) is 8.42 Å². The van der Waals surface area contributed by atoms with Gasteiger partial charge in [-0.05, 0) is 67.1 Å². The van der Waals surface area contributed by atoms with Crippen molar-refractivity contribution in [2.45, 2.75) is 52.0 Å². The Morgan fingerprint density at radius 2 is 1.85 bits per heavy atom. The Morgan fingerprint density at radius 3 is 2.53 bits per heavy atom. The van der Waals surface area contributed by atoms with Crippen molar-refractivity contribution in [3.05, 3.63) is 72.0 Å². The lowest BCUT2D eigenvalue weighted by atomic mass is 9.97. The van der Waals surface area contributed by atoms with Crippen molar-refractivity contribution in [1.29, 1.82) is 0 Å². The number of nitrogens with zero attached hydrogens (tertiary/aromatic N) is 1. The van der Waals surface area contributed by atoms with E-state index in [0.717, 1.165) is 35.3 Å². The molecule has 34 heavy (non-hydrogen) atoms. The molecule has 8 heteroatoms. The van der Waals surface area contributed by atoms with Crippen LogP contribution in [0.1, 0.15) is 56.6 Å². The topological polar surface area (TPSA) is 97.1 Å². The Labute approximate surface area is 202 Å². The van der Waals surface area contributed by atoms with Gasteiger partial charge in [-0.1, -0.05) is 32.0 Å². The Bertz CT molecular complexity index is 1150. The maximum atomic E-state index is 12.3. The molecular weight excluding hydrogens is 454 g/mol. The number of furan rings is 1. The van der Waals surface area contributed by atoms with Gasteiger partial charge >= 0.3 is 5.97 Å². The third-order valence-electron chi connectivity index (χ3n) is 5.52. The Morgan fingerprint density at radius 1 is 1.06 bits per heavy atom. The third-order valence-corrected chi connectivity index (χ3v) is 6.27. The fourth-order valence-corrected chi connectivity index (χ4v) is 4.38. The van der Waals surface area contributed by atoms with Crippen LogP contribution in [0.3, 0.4) is 0 Å². The number of hydrogen-bond donors (Lipinski definition) is 2. The van der Waals surface area contributed by atoms with Crippen LogP contribution in [0.4, 0.5) is 5.69 Å². The number of carboxylic acids is 1. The van der Waals surface area contributed by atoms with E-state index in [9.17, 15) is 13.2 Å². The first-order valence-electron chi connectivity index (χ1n) is 11.4. The number of rotatable bonds is 13. The molecule has 0 saturated carbocycles. The molecule has 0 unspecified atom stereocenters. The molecule has 0 aliphatic rings. The van der Waals surface area contributed by atoms with Crippen LogP contribution in [-0.2, 0) is 22.2 Å². The minimum Gasteiger partial charge on any atom is -0.493 e. The number of para-hydroxylation sites is 1. The number of aliphatic carboxylic acids is 1. The number of carboxylic acid groups (broad SMARTS) is 1. The number of unbranched alkanes of at least 4 members (excludes halogenated alkanes) is 2. The summed E-state index contributed by atoms with van der Waals surface area (Å²) in [5, 5.41) is 8.73. The molecule has 0 fully saturated rings. The number of benzene rings is 2. The van der Waals surface area contributed by atoms with Gasteiger partial charge in [0.1, 0.15) is 11.5 Å². The molecular formula is C26H31NO6S. The zero-order valence-corrected chi connectivity index (χ0v) is 20.4. The van der Waals surface area contributed by atoms with Crippen molar-refractivity contribution in [3.63, 3.8) is 0 Å². The summed E-state index contributed by atoms with van der Waals surface area (Å²) >= 11 is 0. The second-order valence-corrected chi connectivity index (χ2v) is 9.32. The standard InChI is InChI=1S/C26H31NO6S/c1-19(2)22-17-20(24-11-8-16-33-24)13-14-23(22)27(34(30)31)18-21-9-5-6-10-25(21)32-15-7-3-4-12-26(28)29/h5-6,8-11,13-14,16-17,19,34H,3-4,7,12,15,18H2,1-2H3,(H,28,29). The van der Waals surface area contributed by atoms with Crippen molar-refractivity contribution in [1.82, 2.24) is 0 Å². The zero-order valence-electron chi connectivity index (χ0n) is 19.5. The number of hydrogen-bond acceptors (Lipinski definition) is 5. The van der Waals surface area contributed by atoms with Crippen LogP contribution >= 0.6 is 0 Å². The van der Waals surface area contributed by atoms with Crippen molar-refractivity contribution < 1.29 is 27.5 Å². The molecule has 182 valence electrons. The van der Waals surface area contributed by atoms with E-state index in [2.05, 4.69) is 0 Å². The minimum absolute atomic E-state index is 0.0969. The molecule has 0 spiro atoms. The largest absolute Gasteiger partial charge is 0.493 e. The summed E-state index contributed by atoms with van der Waals surface area (Å²) in [6.45, 7) is 4.65. The van der Waals surface area contributed by atoms with E-state index in [0.29, 0.717) is 24.5 Å². The first kappa shape index (κ1) is 25.4. The predicted molar refractivity (Wildman–Crippen MR) is 133 cm³/mol. The SMILES string of the molecule is CC(C)c1cc(-c2ccco2)ccc1N(Cc1ccccc1OCCCCCC(=O)O)[SH](=O)=O. The molecule has 1 heterocycles. The molecule has 7 nitrogen and oxygen atoms in total. The molecule has 3 rings (SSSR count). The second kappa shape index (κ2) is 12.3. The van der Waals surface area contributed by atoms with Crippen LogP contribution in [0.15, 0.2) is 65.3 Å². The summed E-state index contributed by atoms with van der Waals surface area (Å²) in [7, 11) is -2.90. The van der Waals surface area contributed by atoms with Crippen LogP contribution in [0.2, 0.25) is 0 Å². The van der Waals surface area contributed by atoms with Crippen molar-refractivity contribution in [2.75, 3.05) is 10.9 Å². The van der Waals surface area contributed by atoms with E-state index in [4.69, 9.17) is 14.3 Å². The molecule has 0 saturated heterocycles. The first-order valence-corrected chi connectivity index (χ1v) is 12.5. The zero-order chi connectivity index (χ0) is 24.5. The van der Waals surface area contributed by atoms with Gasteiger partial charge in [-0.15, -0.1) is 0 Å². The van der Waals surface area contributed by atoms with Gasteiger partial charge in [0.2, 0.25) is 10.9 Å². The van der Waals surface area contributed by atoms with E-state index < -0.39 is 16.9 Å². The lowest BCUT2D eigenvalue weighted by molar-refractivity contribution is -0.137. The lowest BCUT2D eigenvalue weighted by Gasteiger charge is -2.24. The predicted octanol–water partition coefficient (Wildman–Crippen LogP) is 5.63. The molecule has 1 aromatic heterocycles. The molecule has 2 aromatic carbocycles. The summed E-state index contributed by atoms with van der Waals surface area (Å²) in [6, 6.07) is 16.8. The summed E-state index contributed by atoms with van der Waals surface area (Å²) in [5.74, 6) is 0.658. The first-order chi connectivity index (χ1) is 16.4. The summed E-state index contributed by atoms with van der Waals surface area (Å²) in [5.41, 5.74) is 3.19. The van der Waals surface area contributed by atoms with E-state index >= 15 is 0 Å². The van der Waals surface area contributed by atoms with Crippen LogP contribution in [-0.4, -0.2) is 26.1 Å². The molecule has 0 atom stereocenters. The molecule has 0 radical (unpaired) electrons. The van der Waals surface area contributed by atoms with Crippen LogP contribution in [0.5, 0.6) is 5.75 Å². The fraction of sp³-hybridized carbons (Fsp3) is 0.346. The van der Waals surface area contributed by atoms with Gasteiger partial charge in [-0.2, -0.15) is 0 Å². The monoisotopic (exact) mass is 485 g/mol. The highest BCUT2D eigenvalue weighted by molar-refractivity contribution is 7.74. The van der Waals surface area contributed by atoms with Gasteiger partial charge in [0, 0.05) is 17.5 Å². The van der Waals surface area contributed by atoms with Crippen molar-refractivity contribution >= 4 is 22.5 Å². The summed E-state index contributed by atoms with van der Waals surface area (Å²) < 4.78 is 37.5. The molecule has 1 N–H and O–H groups in total. The van der Waals surface area contributed by atoms with Crippen LogP contribution < -0.4 is 9.04 Å². The number of anilines is 1. The smallest absolute Gasteiger partial charge is 0.303 e.